The quantitative estimate of drug-likeness (QED) is 0.726. The van der Waals surface area contributed by atoms with Crippen LogP contribution in [0.4, 0.5) is 5.69 Å². The van der Waals surface area contributed by atoms with Crippen molar-refractivity contribution in [2.24, 2.45) is 17.8 Å². The van der Waals surface area contributed by atoms with E-state index in [4.69, 9.17) is 0 Å². The Morgan fingerprint density at radius 1 is 1.07 bits per heavy atom. The minimum atomic E-state index is -0.838. The molecule has 0 unspecified atom stereocenters. The predicted molar refractivity (Wildman–Crippen MR) is 107 cm³/mol. The maximum Gasteiger partial charge on any atom is 0.337 e. The van der Waals surface area contributed by atoms with Gasteiger partial charge in [-0.15, -0.1) is 0 Å². The molecule has 2 N–H and O–H groups in total. The molecule has 0 amide bonds. The minimum Gasteiger partial charge on any atom is -0.478 e. The molecule has 5 rings (SSSR count). The van der Waals surface area contributed by atoms with Crippen molar-refractivity contribution < 1.29 is 9.90 Å². The summed E-state index contributed by atoms with van der Waals surface area (Å²) in [6, 6.07) is 15.0. The molecule has 2 aliphatic carbocycles. The maximum atomic E-state index is 11.8. The van der Waals surface area contributed by atoms with E-state index in [9.17, 15) is 9.90 Å². The van der Waals surface area contributed by atoms with Crippen LogP contribution in [0.15, 0.2) is 42.5 Å². The molecule has 0 radical (unpaired) electrons. The molecule has 3 heteroatoms. The summed E-state index contributed by atoms with van der Waals surface area (Å²) in [6.45, 7) is 4.43. The fraction of sp³-hybridized carbons (Fsp3) is 0.458. The van der Waals surface area contributed by atoms with E-state index in [1.807, 2.05) is 6.07 Å². The second-order valence-electron chi connectivity index (χ2n) is 8.95. The van der Waals surface area contributed by atoms with Gasteiger partial charge in [0, 0.05) is 0 Å². The third kappa shape index (κ3) is 2.51. The van der Waals surface area contributed by atoms with Crippen LogP contribution in [-0.4, -0.2) is 11.1 Å². The van der Waals surface area contributed by atoms with Crippen LogP contribution in [0.5, 0.6) is 0 Å². The van der Waals surface area contributed by atoms with Gasteiger partial charge in [0.05, 0.1) is 17.3 Å². The second-order valence-corrected chi connectivity index (χ2v) is 8.95. The van der Waals surface area contributed by atoms with Crippen molar-refractivity contribution in [3.05, 3.63) is 64.7 Å². The first kappa shape index (κ1) is 16.9. The number of rotatable bonds is 3. The van der Waals surface area contributed by atoms with E-state index in [0.29, 0.717) is 29.2 Å². The fourth-order valence-electron chi connectivity index (χ4n) is 6.11. The van der Waals surface area contributed by atoms with Crippen molar-refractivity contribution in [1.82, 2.24) is 0 Å². The van der Waals surface area contributed by atoms with Crippen LogP contribution in [0.1, 0.15) is 78.0 Å². The summed E-state index contributed by atoms with van der Waals surface area (Å²) < 4.78 is 0. The Hall–Kier alpha value is -2.29. The summed E-state index contributed by atoms with van der Waals surface area (Å²) in [7, 11) is 0. The van der Waals surface area contributed by atoms with E-state index in [-0.39, 0.29) is 6.04 Å². The van der Waals surface area contributed by atoms with Crippen molar-refractivity contribution in [2.75, 3.05) is 5.32 Å². The second kappa shape index (κ2) is 6.12. The molecule has 2 aromatic carbocycles. The van der Waals surface area contributed by atoms with Crippen molar-refractivity contribution in [2.45, 2.75) is 51.0 Å². The van der Waals surface area contributed by atoms with E-state index < -0.39 is 5.97 Å². The van der Waals surface area contributed by atoms with Gasteiger partial charge in [0.15, 0.2) is 0 Å². The highest BCUT2D eigenvalue weighted by atomic mass is 16.4. The topological polar surface area (TPSA) is 49.3 Å². The van der Waals surface area contributed by atoms with Gasteiger partial charge < -0.3 is 10.4 Å². The lowest BCUT2D eigenvalue weighted by molar-refractivity contribution is 0.0697. The number of carbonyl (C=O) groups is 1. The summed E-state index contributed by atoms with van der Waals surface area (Å²) in [5, 5.41) is 13.4. The Labute approximate surface area is 160 Å². The predicted octanol–water partition coefficient (Wildman–Crippen LogP) is 5.80. The molecule has 3 nitrogen and oxygen atoms in total. The van der Waals surface area contributed by atoms with E-state index in [1.54, 1.807) is 6.07 Å². The Kier molecular flexibility index (Phi) is 3.82. The molecule has 0 spiro atoms. The van der Waals surface area contributed by atoms with Gasteiger partial charge in [-0.25, -0.2) is 4.79 Å². The van der Waals surface area contributed by atoms with Gasteiger partial charge in [0.2, 0.25) is 0 Å². The largest absolute Gasteiger partial charge is 0.478 e. The molecule has 5 atom stereocenters. The average molecular weight is 361 g/mol. The lowest BCUT2D eigenvalue weighted by Crippen LogP contribution is -2.36. The maximum absolute atomic E-state index is 11.8. The summed E-state index contributed by atoms with van der Waals surface area (Å²) in [4.78, 5) is 11.8. The van der Waals surface area contributed by atoms with E-state index >= 15 is 0 Å². The normalized spacial score (nSPS) is 30.7. The minimum absolute atomic E-state index is 0.208. The molecule has 0 aromatic heterocycles. The molecular weight excluding hydrogens is 334 g/mol. The van der Waals surface area contributed by atoms with Gasteiger partial charge >= 0.3 is 5.97 Å². The molecular formula is C24H27NO2. The number of para-hydroxylation sites is 1. The molecule has 2 bridgehead atoms. The van der Waals surface area contributed by atoms with Crippen LogP contribution in [0, 0.1) is 17.8 Å². The Morgan fingerprint density at radius 3 is 2.52 bits per heavy atom. The molecule has 140 valence electrons. The molecule has 2 fully saturated rings. The first-order chi connectivity index (χ1) is 13.0. The molecule has 0 saturated heterocycles. The Morgan fingerprint density at radius 2 is 1.81 bits per heavy atom. The molecule has 3 aliphatic rings. The SMILES string of the molecule is CC(C)c1ccc([C@H]2Nc3c(C(=O)O)cccc3[C@H]3[C@H]4CC[C@H](C4)[C@H]32)cc1. The zero-order valence-corrected chi connectivity index (χ0v) is 16.0. The number of carboxylic acids is 1. The Bertz CT molecular complexity index is 886. The van der Waals surface area contributed by atoms with Gasteiger partial charge in [0.25, 0.3) is 0 Å². The van der Waals surface area contributed by atoms with Crippen LogP contribution in [0.25, 0.3) is 0 Å². The Balaban J connectivity index is 1.62. The molecule has 27 heavy (non-hydrogen) atoms. The third-order valence-electron chi connectivity index (χ3n) is 7.31. The smallest absolute Gasteiger partial charge is 0.337 e. The summed E-state index contributed by atoms with van der Waals surface area (Å²) in [5.74, 6) is 2.22. The number of aromatic carboxylic acids is 1. The molecule has 2 saturated carbocycles. The van der Waals surface area contributed by atoms with Gasteiger partial charge in [-0.3, -0.25) is 0 Å². The van der Waals surface area contributed by atoms with Crippen LogP contribution < -0.4 is 5.32 Å². The third-order valence-corrected chi connectivity index (χ3v) is 7.31. The van der Waals surface area contributed by atoms with Gasteiger partial charge in [0.1, 0.15) is 0 Å². The van der Waals surface area contributed by atoms with E-state index in [1.165, 1.54) is 36.0 Å². The first-order valence-corrected chi connectivity index (χ1v) is 10.3. The average Bonchev–Trinajstić information content (AvgIpc) is 3.29. The monoisotopic (exact) mass is 361 g/mol. The van der Waals surface area contributed by atoms with Crippen LogP contribution in [-0.2, 0) is 0 Å². The lowest BCUT2D eigenvalue weighted by Gasteiger charge is -2.44. The van der Waals surface area contributed by atoms with E-state index in [2.05, 4.69) is 49.5 Å². The highest BCUT2D eigenvalue weighted by Gasteiger charge is 2.54. The molecule has 1 aliphatic heterocycles. The number of benzene rings is 2. The summed E-state index contributed by atoms with van der Waals surface area (Å²) in [6.07, 6.45) is 3.91. The first-order valence-electron chi connectivity index (χ1n) is 10.3. The zero-order chi connectivity index (χ0) is 18.7. The number of fused-ring (bicyclic) bond motifs is 7. The molecule has 2 aromatic rings. The summed E-state index contributed by atoms with van der Waals surface area (Å²) in [5.41, 5.74) is 5.16. The standard InChI is InChI=1S/C24H27NO2/c1-13(2)14-6-8-15(9-7-14)22-21-17-11-10-16(12-17)20(21)18-4-3-5-19(24(26)27)23(18)25-22/h3-9,13,16-17,20-22,25H,10-12H2,1-2H3,(H,26,27)/t16-,17+,20+,21+,22+/m0/s1. The number of hydrogen-bond donors (Lipinski definition) is 2. The van der Waals surface area contributed by atoms with Crippen molar-refractivity contribution in [1.29, 1.82) is 0 Å². The molecule has 1 heterocycles. The van der Waals surface area contributed by atoms with Crippen molar-refractivity contribution >= 4 is 11.7 Å². The number of carboxylic acid groups (broad SMARTS) is 1. The highest BCUT2D eigenvalue weighted by Crippen LogP contribution is 2.64. The number of nitrogens with one attached hydrogen (secondary N) is 1. The number of anilines is 1. The lowest BCUT2D eigenvalue weighted by atomic mass is 9.67. The van der Waals surface area contributed by atoms with Crippen LogP contribution in [0.2, 0.25) is 0 Å². The number of hydrogen-bond acceptors (Lipinski definition) is 2. The van der Waals surface area contributed by atoms with Gasteiger partial charge in [-0.2, -0.15) is 0 Å². The van der Waals surface area contributed by atoms with Gasteiger partial charge in [-0.05, 0) is 71.6 Å². The van der Waals surface area contributed by atoms with Crippen molar-refractivity contribution in [3.63, 3.8) is 0 Å². The van der Waals surface area contributed by atoms with Crippen LogP contribution in [0.3, 0.4) is 0 Å². The van der Waals surface area contributed by atoms with E-state index in [0.717, 1.165) is 11.6 Å². The zero-order valence-electron chi connectivity index (χ0n) is 16.0. The highest BCUT2D eigenvalue weighted by molar-refractivity contribution is 5.95. The van der Waals surface area contributed by atoms with Crippen molar-refractivity contribution in [3.8, 4) is 0 Å². The summed E-state index contributed by atoms with van der Waals surface area (Å²) >= 11 is 0. The van der Waals surface area contributed by atoms with Gasteiger partial charge in [-0.1, -0.05) is 50.2 Å². The fourth-order valence-corrected chi connectivity index (χ4v) is 6.11. The van der Waals surface area contributed by atoms with Crippen LogP contribution >= 0.6 is 0 Å².